The molecular weight excluding hydrogens is 715 g/mol. The maximum Gasteiger partial charge on any atom is 0.164 e. The van der Waals surface area contributed by atoms with Crippen molar-refractivity contribution in [2.45, 2.75) is 0 Å². The van der Waals surface area contributed by atoms with E-state index in [1.807, 2.05) is 72.0 Å². The van der Waals surface area contributed by atoms with Crippen molar-refractivity contribution in [1.29, 1.82) is 0 Å². The molecule has 0 fully saturated rings. The van der Waals surface area contributed by atoms with E-state index in [-0.39, 0.29) is 0 Å². The number of hydrogen-bond donors (Lipinski definition) is 0. The first kappa shape index (κ1) is 31.9. The van der Waals surface area contributed by atoms with E-state index in [9.17, 15) is 0 Å². The number of thiophene rings is 1. The van der Waals surface area contributed by atoms with Crippen molar-refractivity contribution in [3.05, 3.63) is 188 Å². The highest BCUT2D eigenvalue weighted by Crippen LogP contribution is 2.46. The van der Waals surface area contributed by atoms with Crippen molar-refractivity contribution in [3.8, 4) is 45.5 Å². The second-order valence-corrected chi connectivity index (χ2v) is 15.5. The van der Waals surface area contributed by atoms with Crippen LogP contribution in [0.4, 0.5) is 0 Å². The summed E-state index contributed by atoms with van der Waals surface area (Å²) in [6.45, 7) is 0. The zero-order valence-electron chi connectivity index (χ0n) is 30.5. The molecule has 0 spiro atoms. The average molecular weight is 746 g/mol. The zero-order valence-corrected chi connectivity index (χ0v) is 31.4. The van der Waals surface area contributed by atoms with Crippen molar-refractivity contribution < 1.29 is 0 Å². The number of para-hydroxylation sites is 4. The van der Waals surface area contributed by atoms with E-state index < -0.39 is 0 Å². The molecule has 0 saturated heterocycles. The molecular formula is C51H31N5S. The quantitative estimate of drug-likeness (QED) is 0.176. The van der Waals surface area contributed by atoms with Crippen LogP contribution < -0.4 is 0 Å². The Morgan fingerprint density at radius 3 is 1.58 bits per heavy atom. The van der Waals surface area contributed by atoms with E-state index in [0.29, 0.717) is 17.5 Å². The van der Waals surface area contributed by atoms with E-state index in [2.05, 4.69) is 137 Å². The van der Waals surface area contributed by atoms with Crippen molar-refractivity contribution in [2.24, 2.45) is 0 Å². The maximum atomic E-state index is 5.05. The van der Waals surface area contributed by atoms with Crippen LogP contribution in [0.2, 0.25) is 0 Å². The zero-order chi connectivity index (χ0) is 37.5. The minimum Gasteiger partial charge on any atom is -0.307 e. The summed E-state index contributed by atoms with van der Waals surface area (Å²) in [5.74, 6) is 1.97. The lowest BCUT2D eigenvalue weighted by molar-refractivity contribution is 1.07. The van der Waals surface area contributed by atoms with Crippen molar-refractivity contribution in [1.82, 2.24) is 24.1 Å². The number of benzene rings is 8. The van der Waals surface area contributed by atoms with Gasteiger partial charge < -0.3 is 9.13 Å². The highest BCUT2D eigenvalue weighted by atomic mass is 32.1. The van der Waals surface area contributed by atoms with E-state index in [4.69, 9.17) is 15.0 Å². The van der Waals surface area contributed by atoms with Gasteiger partial charge >= 0.3 is 0 Å². The summed E-state index contributed by atoms with van der Waals surface area (Å²) in [6, 6.07) is 66.6. The minimum absolute atomic E-state index is 0.654. The number of fused-ring (bicyclic) bond motifs is 10. The summed E-state index contributed by atoms with van der Waals surface area (Å²) in [6.07, 6.45) is 0. The Morgan fingerprint density at radius 2 is 0.930 bits per heavy atom. The molecule has 0 N–H and O–H groups in total. The molecule has 5 nitrogen and oxygen atoms in total. The molecule has 0 unspecified atom stereocenters. The second kappa shape index (κ2) is 12.6. The largest absolute Gasteiger partial charge is 0.307 e. The van der Waals surface area contributed by atoms with E-state index in [1.165, 1.54) is 63.8 Å². The fraction of sp³-hybridized carbons (Fsp3) is 0. The summed E-state index contributed by atoms with van der Waals surface area (Å²) in [4.78, 5) is 15.0. The predicted molar refractivity (Wildman–Crippen MR) is 238 cm³/mol. The van der Waals surface area contributed by atoms with Gasteiger partial charge in [-0.05, 0) is 54.6 Å². The molecule has 8 aromatic carbocycles. The lowest BCUT2D eigenvalue weighted by Gasteiger charge is -2.14. The Balaban J connectivity index is 1.12. The topological polar surface area (TPSA) is 48.5 Å². The van der Waals surface area contributed by atoms with Gasteiger partial charge in [0.1, 0.15) is 0 Å². The fourth-order valence-corrected chi connectivity index (χ4v) is 9.89. The lowest BCUT2D eigenvalue weighted by Crippen LogP contribution is -2.00. The standard InChI is InChI=1S/C51H31N5S/c1-4-15-32(16-5-1)49-52-50(33-17-6-2-7-18-33)54-51(53-49)34-27-30-45-40(31-34)38-28-29-43-46(48(38)57-45)39-23-14-26-44(47(39)55(43)35-19-8-3-9-20-35)56-41-24-12-10-21-36(41)37-22-11-13-25-42(37)56/h1-31H. The molecule has 0 bridgehead atoms. The average Bonchev–Trinajstić information content (AvgIpc) is 3.95. The number of nitrogens with zero attached hydrogens (tertiary/aromatic N) is 5. The SMILES string of the molecule is c1ccc(-c2nc(-c3ccccc3)nc(-c3ccc4sc5c(ccc6c5c5cccc(-n7c8ccccc8c8ccccc87)c5n6-c5ccccc5)c4c3)n2)cc1. The fourth-order valence-electron chi connectivity index (χ4n) is 8.65. The van der Waals surface area contributed by atoms with Crippen molar-refractivity contribution >= 4 is 75.1 Å². The van der Waals surface area contributed by atoms with Gasteiger partial charge in [-0.2, -0.15) is 0 Å². The minimum atomic E-state index is 0.654. The molecule has 12 aromatic rings. The normalized spacial score (nSPS) is 11.9. The van der Waals surface area contributed by atoms with E-state index >= 15 is 0 Å². The van der Waals surface area contributed by atoms with Gasteiger partial charge in [-0.25, -0.2) is 15.0 Å². The molecule has 0 aliphatic rings. The van der Waals surface area contributed by atoms with Gasteiger partial charge in [-0.15, -0.1) is 11.3 Å². The monoisotopic (exact) mass is 745 g/mol. The smallest absolute Gasteiger partial charge is 0.164 e. The first-order chi connectivity index (χ1) is 28.3. The van der Waals surface area contributed by atoms with Crippen LogP contribution in [0.1, 0.15) is 0 Å². The molecule has 57 heavy (non-hydrogen) atoms. The van der Waals surface area contributed by atoms with Crippen LogP contribution in [0.25, 0.3) is 109 Å². The number of hydrogen-bond acceptors (Lipinski definition) is 4. The van der Waals surface area contributed by atoms with Crippen LogP contribution >= 0.6 is 11.3 Å². The van der Waals surface area contributed by atoms with Gasteiger partial charge in [0.05, 0.1) is 27.8 Å². The van der Waals surface area contributed by atoms with Gasteiger partial charge in [-0.3, -0.25) is 0 Å². The van der Waals surface area contributed by atoms with Crippen LogP contribution in [0.5, 0.6) is 0 Å². The van der Waals surface area contributed by atoms with Crippen LogP contribution in [-0.2, 0) is 0 Å². The molecule has 0 atom stereocenters. The van der Waals surface area contributed by atoms with Crippen LogP contribution in [0, 0.1) is 0 Å². The summed E-state index contributed by atoms with van der Waals surface area (Å²) in [7, 11) is 0. The highest BCUT2D eigenvalue weighted by molar-refractivity contribution is 7.26. The molecule has 0 radical (unpaired) electrons. The van der Waals surface area contributed by atoms with Gasteiger partial charge in [0, 0.05) is 64.1 Å². The molecule has 266 valence electrons. The Kier molecular flexibility index (Phi) is 7.03. The van der Waals surface area contributed by atoms with Gasteiger partial charge in [0.15, 0.2) is 17.5 Å². The molecule has 12 rings (SSSR count). The maximum absolute atomic E-state index is 5.05. The third kappa shape index (κ3) is 4.91. The first-order valence-electron chi connectivity index (χ1n) is 19.1. The Morgan fingerprint density at radius 1 is 0.368 bits per heavy atom. The van der Waals surface area contributed by atoms with Crippen LogP contribution in [-0.4, -0.2) is 24.1 Å². The molecule has 0 saturated carbocycles. The van der Waals surface area contributed by atoms with Gasteiger partial charge in [0.2, 0.25) is 0 Å². The Labute approximate surface area is 331 Å². The van der Waals surface area contributed by atoms with Crippen LogP contribution in [0.15, 0.2) is 188 Å². The van der Waals surface area contributed by atoms with Crippen molar-refractivity contribution in [3.63, 3.8) is 0 Å². The number of rotatable bonds is 5. The molecule has 0 aliphatic carbocycles. The summed E-state index contributed by atoms with van der Waals surface area (Å²) < 4.78 is 7.40. The molecule has 0 amide bonds. The van der Waals surface area contributed by atoms with E-state index in [1.54, 1.807) is 0 Å². The lowest BCUT2D eigenvalue weighted by atomic mass is 10.1. The van der Waals surface area contributed by atoms with Gasteiger partial charge in [0.25, 0.3) is 0 Å². The third-order valence-corrected chi connectivity index (χ3v) is 12.4. The first-order valence-corrected chi connectivity index (χ1v) is 19.9. The van der Waals surface area contributed by atoms with E-state index in [0.717, 1.165) is 28.1 Å². The Bertz CT molecular complexity index is 3400. The van der Waals surface area contributed by atoms with Crippen LogP contribution in [0.3, 0.4) is 0 Å². The number of aromatic nitrogens is 5. The highest BCUT2D eigenvalue weighted by Gasteiger charge is 2.23. The summed E-state index contributed by atoms with van der Waals surface area (Å²) in [5.41, 5.74) is 9.91. The third-order valence-electron chi connectivity index (χ3n) is 11.2. The summed E-state index contributed by atoms with van der Waals surface area (Å²) in [5, 5.41) is 7.40. The second-order valence-electron chi connectivity index (χ2n) is 14.4. The molecule has 0 aliphatic heterocycles. The Hall–Kier alpha value is -7.41. The molecule has 4 aromatic heterocycles. The van der Waals surface area contributed by atoms with Gasteiger partial charge in [-0.1, -0.05) is 133 Å². The summed E-state index contributed by atoms with van der Waals surface area (Å²) >= 11 is 1.85. The van der Waals surface area contributed by atoms with Crippen molar-refractivity contribution in [2.75, 3.05) is 0 Å². The molecule has 6 heteroatoms. The predicted octanol–water partition coefficient (Wildman–Crippen LogP) is 13.4. The molecule has 4 heterocycles.